The van der Waals surface area contributed by atoms with Crippen molar-refractivity contribution in [3.8, 4) is 0 Å². The van der Waals surface area contributed by atoms with Crippen molar-refractivity contribution in [3.63, 3.8) is 0 Å². The van der Waals surface area contributed by atoms with Crippen LogP contribution in [0.4, 0.5) is 0 Å². The van der Waals surface area contributed by atoms with Gasteiger partial charge in [-0.15, -0.1) is 0 Å². The zero-order valence-electron chi connectivity index (χ0n) is 12.3. The van der Waals surface area contributed by atoms with Gasteiger partial charge < -0.3 is 5.32 Å². The molecule has 0 fully saturated rings. The van der Waals surface area contributed by atoms with Crippen LogP contribution in [0.5, 0.6) is 0 Å². The topological polar surface area (TPSA) is 12.0 Å². The first-order valence-electron chi connectivity index (χ1n) is 7.29. The molecule has 0 heterocycles. The summed E-state index contributed by atoms with van der Waals surface area (Å²) in [7, 11) is 2.06. The van der Waals surface area contributed by atoms with E-state index in [1.54, 1.807) is 0 Å². The van der Waals surface area contributed by atoms with Gasteiger partial charge in [0.1, 0.15) is 0 Å². The molecule has 1 aliphatic carbocycles. The Labute approximate surface area is 143 Å². The van der Waals surface area contributed by atoms with Crippen LogP contribution in [0.15, 0.2) is 45.3 Å². The lowest BCUT2D eigenvalue weighted by atomic mass is 9.90. The van der Waals surface area contributed by atoms with E-state index in [0.717, 1.165) is 12.8 Å². The van der Waals surface area contributed by atoms with Crippen LogP contribution < -0.4 is 5.32 Å². The van der Waals surface area contributed by atoms with Gasteiger partial charge in [0, 0.05) is 15.0 Å². The summed E-state index contributed by atoms with van der Waals surface area (Å²) in [5, 5.41) is 3.53. The first-order chi connectivity index (χ1) is 10.1. The van der Waals surface area contributed by atoms with Gasteiger partial charge in [0.2, 0.25) is 0 Å². The highest BCUT2D eigenvalue weighted by atomic mass is 79.9. The van der Waals surface area contributed by atoms with Crippen molar-refractivity contribution in [1.82, 2.24) is 5.32 Å². The monoisotopic (exact) mass is 407 g/mol. The molecule has 0 aromatic heterocycles. The largest absolute Gasteiger partial charge is 0.313 e. The first-order valence-corrected chi connectivity index (χ1v) is 8.88. The average Bonchev–Trinajstić information content (AvgIpc) is 2.88. The molecule has 1 aliphatic rings. The van der Waals surface area contributed by atoms with Crippen LogP contribution >= 0.6 is 31.9 Å². The van der Waals surface area contributed by atoms with E-state index in [4.69, 9.17) is 0 Å². The number of hydrogen-bond donors (Lipinski definition) is 1. The second kappa shape index (κ2) is 6.23. The second-order valence-corrected chi connectivity index (χ2v) is 7.53. The Morgan fingerprint density at radius 2 is 1.67 bits per heavy atom. The van der Waals surface area contributed by atoms with Gasteiger partial charge in [-0.3, -0.25) is 0 Å². The van der Waals surface area contributed by atoms with Gasteiger partial charge in [0.05, 0.1) is 0 Å². The average molecular weight is 409 g/mol. The van der Waals surface area contributed by atoms with Crippen molar-refractivity contribution in [2.75, 3.05) is 7.05 Å². The van der Waals surface area contributed by atoms with E-state index < -0.39 is 0 Å². The molecule has 0 saturated carbocycles. The number of hydrogen-bond acceptors (Lipinski definition) is 1. The molecule has 0 saturated heterocycles. The van der Waals surface area contributed by atoms with Crippen molar-refractivity contribution in [2.24, 2.45) is 5.92 Å². The molecule has 0 spiro atoms. The predicted molar refractivity (Wildman–Crippen MR) is 95.7 cm³/mol. The summed E-state index contributed by atoms with van der Waals surface area (Å²) >= 11 is 7.41. The van der Waals surface area contributed by atoms with Crippen LogP contribution in [0.25, 0.3) is 0 Å². The summed E-state index contributed by atoms with van der Waals surface area (Å²) in [5.74, 6) is 0.610. The van der Waals surface area contributed by atoms with Crippen molar-refractivity contribution < 1.29 is 0 Å². The molecular formula is C18H19Br2N. The Morgan fingerprint density at radius 1 is 1.05 bits per heavy atom. The molecule has 1 unspecified atom stereocenters. The fourth-order valence-corrected chi connectivity index (χ4v) is 4.44. The molecule has 1 atom stereocenters. The van der Waals surface area contributed by atoms with Crippen molar-refractivity contribution >= 4 is 31.9 Å². The fourth-order valence-electron chi connectivity index (χ4n) is 3.37. The zero-order valence-corrected chi connectivity index (χ0v) is 15.5. The molecular weight excluding hydrogens is 390 g/mol. The number of fused-ring (bicyclic) bond motifs is 1. The van der Waals surface area contributed by atoms with Crippen LogP contribution in [0.1, 0.15) is 28.3 Å². The molecule has 3 heteroatoms. The molecule has 0 bridgehead atoms. The van der Waals surface area contributed by atoms with Gasteiger partial charge >= 0.3 is 0 Å². The highest BCUT2D eigenvalue weighted by Crippen LogP contribution is 2.39. The van der Waals surface area contributed by atoms with E-state index in [1.165, 1.54) is 31.2 Å². The number of nitrogens with one attached hydrogen (secondary N) is 1. The summed E-state index contributed by atoms with van der Waals surface area (Å²) in [6, 6.07) is 13.6. The Balaban J connectivity index is 1.92. The van der Waals surface area contributed by atoms with E-state index in [9.17, 15) is 0 Å². The number of aryl methyl sites for hydroxylation is 1. The number of benzene rings is 2. The molecule has 3 rings (SSSR count). The minimum Gasteiger partial charge on any atom is -0.313 e. The van der Waals surface area contributed by atoms with E-state index in [0.29, 0.717) is 12.0 Å². The molecule has 1 N–H and O–H groups in total. The van der Waals surface area contributed by atoms with Gasteiger partial charge in [0.25, 0.3) is 0 Å². The SMILES string of the molecule is CNC(c1cc(Br)c(C)cc1Br)C1Cc2ccccc2C1. The minimum absolute atomic E-state index is 0.365. The maximum atomic E-state index is 3.74. The van der Waals surface area contributed by atoms with E-state index in [-0.39, 0.29) is 0 Å². The van der Waals surface area contributed by atoms with Crippen LogP contribution in [0, 0.1) is 12.8 Å². The van der Waals surface area contributed by atoms with Gasteiger partial charge in [0.15, 0.2) is 0 Å². The Bertz CT molecular complexity index is 641. The molecule has 21 heavy (non-hydrogen) atoms. The van der Waals surface area contributed by atoms with Gasteiger partial charge in [-0.05, 0) is 67.1 Å². The number of halogens is 2. The molecule has 0 radical (unpaired) electrons. The molecule has 0 amide bonds. The van der Waals surface area contributed by atoms with E-state index >= 15 is 0 Å². The molecule has 2 aromatic carbocycles. The molecule has 2 aromatic rings. The van der Waals surface area contributed by atoms with Crippen LogP contribution in [-0.4, -0.2) is 7.05 Å². The Hall–Kier alpha value is -0.640. The quantitative estimate of drug-likeness (QED) is 0.736. The Morgan fingerprint density at radius 3 is 2.24 bits per heavy atom. The Kier molecular flexibility index (Phi) is 4.53. The maximum absolute atomic E-state index is 3.74. The van der Waals surface area contributed by atoms with Gasteiger partial charge in [-0.2, -0.15) is 0 Å². The fraction of sp³-hybridized carbons (Fsp3) is 0.333. The van der Waals surface area contributed by atoms with Crippen LogP contribution in [0.3, 0.4) is 0 Å². The second-order valence-electron chi connectivity index (χ2n) is 5.83. The molecule has 0 aliphatic heterocycles. The van der Waals surface area contributed by atoms with Gasteiger partial charge in [-0.1, -0.05) is 56.1 Å². The summed E-state index contributed by atoms with van der Waals surface area (Å²) in [6.07, 6.45) is 2.30. The lowest BCUT2D eigenvalue weighted by Gasteiger charge is -2.25. The van der Waals surface area contributed by atoms with Crippen molar-refractivity contribution in [2.45, 2.75) is 25.8 Å². The predicted octanol–water partition coefficient (Wildman–Crippen LogP) is 5.20. The standard InChI is InChI=1S/C18H19Br2N/c1-11-7-17(20)15(10-16(11)19)18(21-2)14-8-12-5-3-4-6-13(12)9-14/h3-7,10,14,18,21H,8-9H2,1-2H3. The van der Waals surface area contributed by atoms with Gasteiger partial charge in [-0.25, -0.2) is 0 Å². The highest BCUT2D eigenvalue weighted by molar-refractivity contribution is 9.11. The molecule has 110 valence electrons. The number of rotatable bonds is 3. The summed E-state index contributed by atoms with van der Waals surface area (Å²) in [6.45, 7) is 2.12. The summed E-state index contributed by atoms with van der Waals surface area (Å²) in [4.78, 5) is 0. The smallest absolute Gasteiger partial charge is 0.0364 e. The maximum Gasteiger partial charge on any atom is 0.0364 e. The van der Waals surface area contributed by atoms with Crippen molar-refractivity contribution in [3.05, 3.63) is 67.6 Å². The van der Waals surface area contributed by atoms with Crippen LogP contribution in [-0.2, 0) is 12.8 Å². The van der Waals surface area contributed by atoms with E-state index in [2.05, 4.69) is 87.5 Å². The third-order valence-corrected chi connectivity index (χ3v) is 6.02. The zero-order chi connectivity index (χ0) is 15.0. The van der Waals surface area contributed by atoms with Crippen molar-refractivity contribution in [1.29, 1.82) is 0 Å². The third kappa shape index (κ3) is 2.96. The molecule has 1 nitrogen and oxygen atoms in total. The highest BCUT2D eigenvalue weighted by Gasteiger charge is 2.29. The minimum atomic E-state index is 0.365. The van der Waals surface area contributed by atoms with E-state index in [1.807, 2.05) is 0 Å². The first kappa shape index (κ1) is 15.3. The lowest BCUT2D eigenvalue weighted by Crippen LogP contribution is -2.26. The normalized spacial score (nSPS) is 16.0. The summed E-state index contributed by atoms with van der Waals surface area (Å²) in [5.41, 5.74) is 5.61. The van der Waals surface area contributed by atoms with Crippen LogP contribution in [0.2, 0.25) is 0 Å². The summed E-state index contributed by atoms with van der Waals surface area (Å²) < 4.78 is 2.37. The lowest BCUT2D eigenvalue weighted by molar-refractivity contribution is 0.396. The third-order valence-electron chi connectivity index (χ3n) is 4.48.